The number of benzene rings is 2. The molecular formula is C18H19FN2O3S2. The first-order valence-electron chi connectivity index (χ1n) is 7.98. The van der Waals surface area contributed by atoms with E-state index in [4.69, 9.17) is 4.74 Å². The van der Waals surface area contributed by atoms with Gasteiger partial charge in [0, 0.05) is 13.7 Å². The molecule has 0 fully saturated rings. The Labute approximate surface area is 155 Å². The number of thiazole rings is 1. The SMILES string of the molecule is COCCn1/c(=N/S(=O)(=O)c2ccc(F)cc2)sc2cc(C)c(C)cc21. The van der Waals surface area contributed by atoms with Gasteiger partial charge in [-0.1, -0.05) is 11.3 Å². The summed E-state index contributed by atoms with van der Waals surface area (Å²) in [6.07, 6.45) is 0. The molecule has 138 valence electrons. The zero-order valence-electron chi connectivity index (χ0n) is 14.7. The molecule has 26 heavy (non-hydrogen) atoms. The van der Waals surface area contributed by atoms with E-state index in [1.165, 1.54) is 23.5 Å². The van der Waals surface area contributed by atoms with Gasteiger partial charge in [0.2, 0.25) is 4.80 Å². The van der Waals surface area contributed by atoms with E-state index in [1.807, 2.05) is 30.5 Å². The van der Waals surface area contributed by atoms with Crippen molar-refractivity contribution in [2.75, 3.05) is 13.7 Å². The predicted octanol–water partition coefficient (Wildman–Crippen LogP) is 3.39. The van der Waals surface area contributed by atoms with E-state index in [9.17, 15) is 12.8 Å². The van der Waals surface area contributed by atoms with Crippen LogP contribution in [0.5, 0.6) is 0 Å². The summed E-state index contributed by atoms with van der Waals surface area (Å²) in [5.74, 6) is -0.494. The fourth-order valence-electron chi connectivity index (χ4n) is 2.55. The third-order valence-electron chi connectivity index (χ3n) is 4.13. The molecule has 3 aromatic rings. The number of sulfonamides is 1. The van der Waals surface area contributed by atoms with Crippen molar-refractivity contribution in [3.05, 3.63) is 58.1 Å². The molecule has 3 rings (SSSR count). The van der Waals surface area contributed by atoms with Crippen molar-refractivity contribution >= 4 is 31.6 Å². The zero-order chi connectivity index (χ0) is 18.9. The largest absolute Gasteiger partial charge is 0.383 e. The first-order chi connectivity index (χ1) is 12.3. The molecular weight excluding hydrogens is 375 g/mol. The lowest BCUT2D eigenvalue weighted by molar-refractivity contribution is 0.187. The Morgan fingerprint density at radius 3 is 2.46 bits per heavy atom. The summed E-state index contributed by atoms with van der Waals surface area (Å²) in [6, 6.07) is 8.71. The van der Waals surface area contributed by atoms with Gasteiger partial charge in [-0.2, -0.15) is 8.42 Å². The van der Waals surface area contributed by atoms with Crippen LogP contribution in [0.15, 0.2) is 45.7 Å². The fraction of sp³-hybridized carbons (Fsp3) is 0.278. The number of aryl methyl sites for hydroxylation is 2. The van der Waals surface area contributed by atoms with Crippen molar-refractivity contribution in [2.24, 2.45) is 4.40 Å². The van der Waals surface area contributed by atoms with Crippen molar-refractivity contribution in [3.8, 4) is 0 Å². The maximum atomic E-state index is 13.1. The summed E-state index contributed by atoms with van der Waals surface area (Å²) in [5, 5.41) is 0. The Hall–Kier alpha value is -2.03. The minimum absolute atomic E-state index is 0.0398. The van der Waals surface area contributed by atoms with Gasteiger partial charge in [0.15, 0.2) is 0 Å². The van der Waals surface area contributed by atoms with Crippen molar-refractivity contribution in [1.82, 2.24) is 4.57 Å². The first kappa shape index (κ1) is 18.8. The molecule has 0 unspecified atom stereocenters. The number of hydrogen-bond donors (Lipinski definition) is 0. The van der Waals surface area contributed by atoms with Gasteiger partial charge in [0.1, 0.15) is 5.82 Å². The van der Waals surface area contributed by atoms with Gasteiger partial charge in [-0.3, -0.25) is 0 Å². The van der Waals surface area contributed by atoms with Crippen LogP contribution in [-0.4, -0.2) is 26.7 Å². The van der Waals surface area contributed by atoms with Crippen LogP contribution >= 0.6 is 11.3 Å². The molecule has 0 atom stereocenters. The van der Waals surface area contributed by atoms with Gasteiger partial charge in [-0.15, -0.1) is 4.40 Å². The number of nitrogens with zero attached hydrogens (tertiary/aromatic N) is 2. The van der Waals surface area contributed by atoms with Gasteiger partial charge in [-0.05, 0) is 61.4 Å². The predicted molar refractivity (Wildman–Crippen MR) is 100 cm³/mol. The molecule has 0 saturated carbocycles. The summed E-state index contributed by atoms with van der Waals surface area (Å²) in [4.78, 5) is 0.327. The smallest absolute Gasteiger partial charge is 0.285 e. The van der Waals surface area contributed by atoms with Gasteiger partial charge < -0.3 is 9.30 Å². The number of methoxy groups -OCH3 is 1. The van der Waals surface area contributed by atoms with Crippen LogP contribution in [0.3, 0.4) is 0 Å². The molecule has 0 radical (unpaired) electrons. The standard InChI is InChI=1S/C18H19FN2O3S2/c1-12-10-16-17(11-13(12)2)25-18(21(16)8-9-24-3)20-26(22,23)15-6-4-14(19)5-7-15/h4-7,10-11H,8-9H2,1-3H3/b20-18-. The third-order valence-corrected chi connectivity index (χ3v) is 6.56. The van der Waals surface area contributed by atoms with Crippen LogP contribution in [0.25, 0.3) is 10.2 Å². The second kappa shape index (κ2) is 7.30. The highest BCUT2D eigenvalue weighted by atomic mass is 32.2. The average molecular weight is 394 g/mol. The Morgan fingerprint density at radius 1 is 1.15 bits per heavy atom. The lowest BCUT2D eigenvalue weighted by Crippen LogP contribution is -2.19. The molecule has 0 bridgehead atoms. The zero-order valence-corrected chi connectivity index (χ0v) is 16.3. The molecule has 0 amide bonds. The minimum atomic E-state index is -3.94. The summed E-state index contributed by atoms with van der Waals surface area (Å²) < 4.78 is 50.3. The number of rotatable bonds is 5. The van der Waals surface area contributed by atoms with E-state index in [0.29, 0.717) is 18.0 Å². The lowest BCUT2D eigenvalue weighted by Gasteiger charge is -2.06. The third kappa shape index (κ3) is 3.72. The Kier molecular flexibility index (Phi) is 5.27. The summed E-state index contributed by atoms with van der Waals surface area (Å²) in [6.45, 7) is 4.94. The van der Waals surface area contributed by atoms with E-state index in [-0.39, 0.29) is 4.90 Å². The quantitative estimate of drug-likeness (QED) is 0.666. The number of aromatic nitrogens is 1. The van der Waals surface area contributed by atoms with Gasteiger partial charge in [0.05, 0.1) is 21.7 Å². The number of fused-ring (bicyclic) bond motifs is 1. The maximum Gasteiger partial charge on any atom is 0.285 e. The second-order valence-electron chi connectivity index (χ2n) is 5.95. The van der Waals surface area contributed by atoms with Crippen LogP contribution in [0.4, 0.5) is 4.39 Å². The highest BCUT2D eigenvalue weighted by Crippen LogP contribution is 2.22. The lowest BCUT2D eigenvalue weighted by atomic mass is 10.1. The molecule has 0 spiro atoms. The number of hydrogen-bond acceptors (Lipinski definition) is 4. The van der Waals surface area contributed by atoms with E-state index < -0.39 is 15.8 Å². The van der Waals surface area contributed by atoms with Crippen molar-refractivity contribution < 1.29 is 17.5 Å². The van der Waals surface area contributed by atoms with Crippen LogP contribution in [-0.2, 0) is 21.3 Å². The summed E-state index contributed by atoms with van der Waals surface area (Å²) >= 11 is 1.31. The number of ether oxygens (including phenoxy) is 1. The van der Waals surface area contributed by atoms with E-state index in [1.54, 1.807) is 7.11 Å². The molecule has 0 N–H and O–H groups in total. The summed E-state index contributed by atoms with van der Waals surface area (Å²) in [7, 11) is -2.34. The van der Waals surface area contributed by atoms with Gasteiger partial charge in [-0.25, -0.2) is 4.39 Å². The molecule has 0 saturated heterocycles. The highest BCUT2D eigenvalue weighted by molar-refractivity contribution is 7.90. The molecule has 2 aromatic carbocycles. The van der Waals surface area contributed by atoms with Crippen molar-refractivity contribution in [1.29, 1.82) is 0 Å². The molecule has 0 aliphatic heterocycles. The Balaban J connectivity index is 2.22. The molecule has 0 aliphatic carbocycles. The monoisotopic (exact) mass is 394 g/mol. The normalized spacial score (nSPS) is 12.8. The van der Waals surface area contributed by atoms with E-state index in [2.05, 4.69) is 4.40 Å². The first-order valence-corrected chi connectivity index (χ1v) is 10.2. The molecule has 1 aromatic heterocycles. The minimum Gasteiger partial charge on any atom is -0.383 e. The van der Waals surface area contributed by atoms with Crippen molar-refractivity contribution in [2.45, 2.75) is 25.3 Å². The average Bonchev–Trinajstić information content (AvgIpc) is 2.89. The van der Waals surface area contributed by atoms with Gasteiger partial charge in [0.25, 0.3) is 10.0 Å². The topological polar surface area (TPSA) is 60.7 Å². The van der Waals surface area contributed by atoms with Crippen LogP contribution in [0.2, 0.25) is 0 Å². The molecule has 0 aliphatic rings. The van der Waals surface area contributed by atoms with Crippen LogP contribution in [0, 0.1) is 19.7 Å². The van der Waals surface area contributed by atoms with Crippen LogP contribution in [0.1, 0.15) is 11.1 Å². The molecule has 5 nitrogen and oxygen atoms in total. The number of halogens is 1. The fourth-order valence-corrected chi connectivity index (χ4v) is 4.89. The van der Waals surface area contributed by atoms with E-state index in [0.717, 1.165) is 33.5 Å². The second-order valence-corrected chi connectivity index (χ2v) is 8.57. The van der Waals surface area contributed by atoms with Crippen LogP contribution < -0.4 is 4.80 Å². The summed E-state index contributed by atoms with van der Waals surface area (Å²) in [5.41, 5.74) is 3.17. The highest BCUT2D eigenvalue weighted by Gasteiger charge is 2.15. The molecule has 1 heterocycles. The van der Waals surface area contributed by atoms with E-state index >= 15 is 0 Å². The Morgan fingerprint density at radius 2 is 1.81 bits per heavy atom. The van der Waals surface area contributed by atoms with Crippen molar-refractivity contribution in [3.63, 3.8) is 0 Å². The maximum absolute atomic E-state index is 13.1. The molecule has 8 heteroatoms. The van der Waals surface area contributed by atoms with Gasteiger partial charge >= 0.3 is 0 Å². The Bertz CT molecular complexity index is 1110.